The Kier molecular flexibility index (Phi) is 4.63. The van der Waals surface area contributed by atoms with E-state index in [2.05, 4.69) is 15.4 Å². The number of hydrogen-bond acceptors (Lipinski definition) is 4. The number of nitriles is 1. The number of pyridine rings is 1. The molecule has 0 atom stereocenters. The molecule has 0 unspecified atom stereocenters. The third kappa shape index (κ3) is 3.65. The van der Waals surface area contributed by atoms with Crippen molar-refractivity contribution >= 4 is 5.91 Å². The summed E-state index contributed by atoms with van der Waals surface area (Å²) in [5.41, 5.74) is 2.82. The molecule has 1 N–H and O–H groups in total. The zero-order valence-electron chi connectivity index (χ0n) is 12.9. The number of aromatic nitrogens is 3. The molecule has 0 aliphatic carbocycles. The lowest BCUT2D eigenvalue weighted by Crippen LogP contribution is -2.27. The van der Waals surface area contributed by atoms with Crippen molar-refractivity contribution in [2.45, 2.75) is 6.54 Å². The molecule has 24 heavy (non-hydrogen) atoms. The third-order valence-electron chi connectivity index (χ3n) is 3.50. The highest BCUT2D eigenvalue weighted by Gasteiger charge is 2.06. The van der Waals surface area contributed by atoms with E-state index in [0.717, 1.165) is 11.3 Å². The van der Waals surface area contributed by atoms with Crippen LogP contribution in [0, 0.1) is 11.3 Å². The third-order valence-corrected chi connectivity index (χ3v) is 3.50. The van der Waals surface area contributed by atoms with E-state index in [1.54, 1.807) is 41.3 Å². The van der Waals surface area contributed by atoms with E-state index in [0.29, 0.717) is 24.2 Å². The van der Waals surface area contributed by atoms with Gasteiger partial charge in [-0.3, -0.25) is 14.5 Å². The Labute approximate surface area is 139 Å². The maximum atomic E-state index is 12.1. The molecule has 2 heterocycles. The Bertz CT molecular complexity index is 880. The Morgan fingerprint density at radius 1 is 1.21 bits per heavy atom. The number of carbonyl (C=O) groups is 1. The normalized spacial score (nSPS) is 10.1. The van der Waals surface area contributed by atoms with E-state index in [4.69, 9.17) is 5.26 Å². The molecule has 2 aromatic heterocycles. The molecule has 0 radical (unpaired) electrons. The number of rotatable bonds is 5. The Hall–Kier alpha value is -3.46. The lowest BCUT2D eigenvalue weighted by molar-refractivity contribution is 0.0952. The monoisotopic (exact) mass is 317 g/mol. The second kappa shape index (κ2) is 7.20. The van der Waals surface area contributed by atoms with Gasteiger partial charge in [0.05, 0.1) is 23.9 Å². The van der Waals surface area contributed by atoms with Crippen molar-refractivity contribution in [2.75, 3.05) is 6.54 Å². The summed E-state index contributed by atoms with van der Waals surface area (Å²) in [6.07, 6.45) is 5.33. The average Bonchev–Trinajstić information content (AvgIpc) is 3.11. The van der Waals surface area contributed by atoms with Gasteiger partial charge in [0.25, 0.3) is 5.91 Å². The first-order chi connectivity index (χ1) is 11.8. The molecule has 0 bridgehead atoms. The fourth-order valence-electron chi connectivity index (χ4n) is 2.28. The van der Waals surface area contributed by atoms with Crippen molar-refractivity contribution in [1.82, 2.24) is 20.1 Å². The van der Waals surface area contributed by atoms with Gasteiger partial charge in [-0.2, -0.15) is 10.4 Å². The molecule has 6 nitrogen and oxygen atoms in total. The van der Waals surface area contributed by atoms with Gasteiger partial charge in [0.2, 0.25) is 0 Å². The zero-order valence-corrected chi connectivity index (χ0v) is 12.9. The molecular weight excluding hydrogens is 302 g/mol. The molecule has 3 rings (SSSR count). The summed E-state index contributed by atoms with van der Waals surface area (Å²) in [6.45, 7) is 1.02. The van der Waals surface area contributed by atoms with Crippen LogP contribution in [0.25, 0.3) is 11.3 Å². The number of nitrogens with zero attached hydrogens (tertiary/aromatic N) is 4. The van der Waals surface area contributed by atoms with Crippen molar-refractivity contribution in [1.29, 1.82) is 5.26 Å². The number of carbonyl (C=O) groups excluding carboxylic acids is 1. The van der Waals surface area contributed by atoms with Crippen LogP contribution < -0.4 is 5.32 Å². The first-order valence-corrected chi connectivity index (χ1v) is 7.48. The van der Waals surface area contributed by atoms with E-state index in [1.807, 2.05) is 30.5 Å². The largest absolute Gasteiger partial charge is 0.350 e. The summed E-state index contributed by atoms with van der Waals surface area (Å²) in [5.74, 6) is -0.200. The van der Waals surface area contributed by atoms with E-state index in [9.17, 15) is 4.79 Å². The van der Waals surface area contributed by atoms with Crippen LogP contribution in [-0.4, -0.2) is 27.2 Å². The van der Waals surface area contributed by atoms with Gasteiger partial charge in [0.1, 0.15) is 0 Å². The predicted octanol–water partition coefficient (Wildman–Crippen LogP) is 2.25. The Morgan fingerprint density at radius 2 is 2.04 bits per heavy atom. The van der Waals surface area contributed by atoms with Crippen LogP contribution in [0.1, 0.15) is 15.9 Å². The topological polar surface area (TPSA) is 83.6 Å². The van der Waals surface area contributed by atoms with Gasteiger partial charge in [-0.15, -0.1) is 0 Å². The number of benzene rings is 1. The summed E-state index contributed by atoms with van der Waals surface area (Å²) in [5, 5.41) is 16.2. The maximum Gasteiger partial charge on any atom is 0.251 e. The molecule has 118 valence electrons. The predicted molar refractivity (Wildman–Crippen MR) is 88.9 cm³/mol. The van der Waals surface area contributed by atoms with Gasteiger partial charge < -0.3 is 5.32 Å². The van der Waals surface area contributed by atoms with Gasteiger partial charge in [-0.05, 0) is 36.4 Å². The minimum Gasteiger partial charge on any atom is -0.350 e. The summed E-state index contributed by atoms with van der Waals surface area (Å²) in [7, 11) is 0. The van der Waals surface area contributed by atoms with Crippen molar-refractivity contribution < 1.29 is 4.79 Å². The number of nitrogens with one attached hydrogen (secondary N) is 1. The van der Waals surface area contributed by atoms with Crippen LogP contribution in [0.5, 0.6) is 0 Å². The summed E-state index contributed by atoms with van der Waals surface area (Å²) in [6, 6.07) is 14.4. The SMILES string of the molecule is N#Cc1cccc(C(=O)NCCn2ccc(-c3ccncc3)n2)c1. The van der Waals surface area contributed by atoms with Crippen LogP contribution in [0.15, 0.2) is 61.1 Å². The van der Waals surface area contributed by atoms with Crippen LogP contribution in [-0.2, 0) is 6.54 Å². The number of amides is 1. The van der Waals surface area contributed by atoms with E-state index >= 15 is 0 Å². The smallest absolute Gasteiger partial charge is 0.251 e. The number of hydrogen-bond donors (Lipinski definition) is 1. The van der Waals surface area contributed by atoms with Crippen LogP contribution in [0.4, 0.5) is 0 Å². The summed E-state index contributed by atoms with van der Waals surface area (Å²) < 4.78 is 1.78. The molecule has 6 heteroatoms. The van der Waals surface area contributed by atoms with Crippen LogP contribution in [0.2, 0.25) is 0 Å². The molecule has 0 aliphatic rings. The van der Waals surface area contributed by atoms with Gasteiger partial charge >= 0.3 is 0 Å². The lowest BCUT2D eigenvalue weighted by atomic mass is 10.1. The van der Waals surface area contributed by atoms with E-state index in [-0.39, 0.29) is 5.91 Å². The fraction of sp³-hybridized carbons (Fsp3) is 0.111. The van der Waals surface area contributed by atoms with Gasteiger partial charge in [0, 0.05) is 36.3 Å². The molecule has 1 amide bonds. The summed E-state index contributed by atoms with van der Waals surface area (Å²) >= 11 is 0. The van der Waals surface area contributed by atoms with Crippen molar-refractivity contribution in [3.05, 3.63) is 72.2 Å². The van der Waals surface area contributed by atoms with Gasteiger partial charge in [-0.25, -0.2) is 0 Å². The van der Waals surface area contributed by atoms with E-state index < -0.39 is 0 Å². The lowest BCUT2D eigenvalue weighted by Gasteiger charge is -2.06. The Morgan fingerprint density at radius 3 is 2.83 bits per heavy atom. The Balaban J connectivity index is 1.56. The van der Waals surface area contributed by atoms with E-state index in [1.165, 1.54) is 0 Å². The molecule has 1 aromatic carbocycles. The van der Waals surface area contributed by atoms with Gasteiger partial charge in [-0.1, -0.05) is 6.07 Å². The molecule has 0 fully saturated rings. The second-order valence-electron chi connectivity index (χ2n) is 5.15. The minimum absolute atomic E-state index is 0.200. The molecule has 0 aliphatic heterocycles. The van der Waals surface area contributed by atoms with Crippen molar-refractivity contribution in [3.63, 3.8) is 0 Å². The molecule has 0 saturated heterocycles. The zero-order chi connectivity index (χ0) is 16.8. The minimum atomic E-state index is -0.200. The van der Waals surface area contributed by atoms with Crippen molar-refractivity contribution in [2.24, 2.45) is 0 Å². The highest BCUT2D eigenvalue weighted by Crippen LogP contribution is 2.14. The quantitative estimate of drug-likeness (QED) is 0.782. The molecular formula is C18H15N5O. The standard InChI is InChI=1S/C18H15N5O/c19-13-14-2-1-3-16(12-14)18(24)21-9-11-23-10-6-17(22-23)15-4-7-20-8-5-15/h1-8,10,12H,9,11H2,(H,21,24). The fourth-order valence-corrected chi connectivity index (χ4v) is 2.28. The first kappa shape index (κ1) is 15.4. The highest BCUT2D eigenvalue weighted by molar-refractivity contribution is 5.94. The van der Waals surface area contributed by atoms with Crippen LogP contribution in [0.3, 0.4) is 0 Å². The van der Waals surface area contributed by atoms with Crippen molar-refractivity contribution in [3.8, 4) is 17.3 Å². The first-order valence-electron chi connectivity index (χ1n) is 7.48. The molecule has 3 aromatic rings. The summed E-state index contributed by atoms with van der Waals surface area (Å²) in [4.78, 5) is 16.1. The maximum absolute atomic E-state index is 12.1. The molecule has 0 saturated carbocycles. The second-order valence-corrected chi connectivity index (χ2v) is 5.15. The molecule has 0 spiro atoms. The highest BCUT2D eigenvalue weighted by atomic mass is 16.1. The van der Waals surface area contributed by atoms with Crippen LogP contribution >= 0.6 is 0 Å². The van der Waals surface area contributed by atoms with Gasteiger partial charge in [0.15, 0.2) is 0 Å². The average molecular weight is 317 g/mol.